The first-order valence-corrected chi connectivity index (χ1v) is 14.3. The lowest BCUT2D eigenvalue weighted by atomic mass is 9.90. The Morgan fingerprint density at radius 2 is 1.39 bits per heavy atom. The van der Waals surface area contributed by atoms with E-state index in [-0.39, 0.29) is 30.7 Å². The Kier molecular flexibility index (Phi) is 8.86. The number of aliphatic carboxylic acids is 1. The number of rotatable bonds is 11. The molecule has 0 aliphatic carbocycles. The van der Waals surface area contributed by atoms with Crippen molar-refractivity contribution in [3.05, 3.63) is 142 Å². The molecule has 0 radical (unpaired) electrons. The molecule has 0 unspecified atom stereocenters. The van der Waals surface area contributed by atoms with Gasteiger partial charge in [0.25, 0.3) is 11.8 Å². The normalized spacial score (nSPS) is 11.0. The first kappa shape index (κ1) is 27.8. The summed E-state index contributed by atoms with van der Waals surface area (Å²) in [7, 11) is 0. The van der Waals surface area contributed by atoms with E-state index in [1.54, 1.807) is 12.1 Å². The number of carboxylic acids is 1. The minimum Gasteiger partial charge on any atom is -0.481 e. The van der Waals surface area contributed by atoms with Gasteiger partial charge in [-0.2, -0.15) is 0 Å². The summed E-state index contributed by atoms with van der Waals surface area (Å²) in [5.41, 5.74) is 3.58. The number of carboxylic acid groups (broad SMARTS) is 1. The van der Waals surface area contributed by atoms with Crippen LogP contribution in [0.3, 0.4) is 0 Å². The van der Waals surface area contributed by atoms with Gasteiger partial charge in [0, 0.05) is 35.8 Å². The third kappa shape index (κ3) is 7.07. The SMILES string of the molecule is O=C(O)CCNC(=O)c1ccc(CN(CC(c2ccccc2)c2ccccc2)C(=O)c2cc3ccccc3s2)cc1. The number of carbonyl (C=O) groups excluding carboxylic acids is 2. The molecule has 206 valence electrons. The average Bonchev–Trinajstić information content (AvgIpc) is 3.44. The molecule has 6 nitrogen and oxygen atoms in total. The lowest BCUT2D eigenvalue weighted by Crippen LogP contribution is -2.34. The number of amides is 2. The second kappa shape index (κ2) is 13.1. The average molecular weight is 563 g/mol. The molecule has 1 aromatic heterocycles. The Balaban J connectivity index is 1.43. The Labute approximate surface area is 242 Å². The van der Waals surface area contributed by atoms with Gasteiger partial charge in [-0.25, -0.2) is 0 Å². The zero-order valence-electron chi connectivity index (χ0n) is 22.4. The van der Waals surface area contributed by atoms with Gasteiger partial charge in [0.05, 0.1) is 11.3 Å². The van der Waals surface area contributed by atoms with Crippen LogP contribution in [-0.4, -0.2) is 40.9 Å². The van der Waals surface area contributed by atoms with E-state index in [1.165, 1.54) is 11.3 Å². The number of thiophene rings is 1. The highest BCUT2D eigenvalue weighted by Crippen LogP contribution is 2.30. The van der Waals surface area contributed by atoms with E-state index in [2.05, 4.69) is 29.6 Å². The van der Waals surface area contributed by atoms with Crippen LogP contribution in [0.15, 0.2) is 115 Å². The molecule has 0 atom stereocenters. The van der Waals surface area contributed by atoms with Crippen LogP contribution in [0, 0.1) is 0 Å². The lowest BCUT2D eigenvalue weighted by molar-refractivity contribution is -0.136. The molecule has 7 heteroatoms. The molecule has 4 aromatic carbocycles. The number of carbonyl (C=O) groups is 3. The zero-order chi connectivity index (χ0) is 28.6. The highest BCUT2D eigenvalue weighted by molar-refractivity contribution is 7.20. The van der Waals surface area contributed by atoms with Gasteiger partial charge in [-0.3, -0.25) is 14.4 Å². The minimum absolute atomic E-state index is 0.0324. The van der Waals surface area contributed by atoms with E-state index in [0.29, 0.717) is 23.5 Å². The molecule has 41 heavy (non-hydrogen) atoms. The summed E-state index contributed by atoms with van der Waals surface area (Å²) >= 11 is 1.49. The highest BCUT2D eigenvalue weighted by Gasteiger charge is 2.24. The fraction of sp³-hybridized carbons (Fsp3) is 0.147. The van der Waals surface area contributed by atoms with Crippen LogP contribution in [0.5, 0.6) is 0 Å². The van der Waals surface area contributed by atoms with Gasteiger partial charge in [0.1, 0.15) is 0 Å². The number of hydrogen-bond donors (Lipinski definition) is 2. The van der Waals surface area contributed by atoms with Gasteiger partial charge in [0.15, 0.2) is 0 Å². The van der Waals surface area contributed by atoms with Crippen LogP contribution in [0.2, 0.25) is 0 Å². The van der Waals surface area contributed by atoms with Crippen LogP contribution in [0.1, 0.15) is 49.1 Å². The van der Waals surface area contributed by atoms with E-state index in [1.807, 2.05) is 83.8 Å². The van der Waals surface area contributed by atoms with E-state index in [0.717, 1.165) is 26.8 Å². The van der Waals surface area contributed by atoms with Gasteiger partial charge >= 0.3 is 5.97 Å². The molecule has 0 aliphatic rings. The van der Waals surface area contributed by atoms with Crippen molar-refractivity contribution in [3.8, 4) is 0 Å². The maximum absolute atomic E-state index is 14.1. The fourth-order valence-corrected chi connectivity index (χ4v) is 5.85. The van der Waals surface area contributed by atoms with Gasteiger partial charge in [0.2, 0.25) is 0 Å². The first-order valence-electron chi connectivity index (χ1n) is 13.4. The third-order valence-corrected chi connectivity index (χ3v) is 8.05. The summed E-state index contributed by atoms with van der Waals surface area (Å²) in [5.74, 6) is -1.37. The Hall–Kier alpha value is -4.75. The number of benzene rings is 4. The van der Waals surface area contributed by atoms with Crippen molar-refractivity contribution in [2.45, 2.75) is 18.9 Å². The van der Waals surface area contributed by atoms with Crippen LogP contribution in [-0.2, 0) is 11.3 Å². The molecular formula is C34H30N2O4S. The second-order valence-electron chi connectivity index (χ2n) is 9.80. The summed E-state index contributed by atoms with van der Waals surface area (Å²) in [6.07, 6.45) is -0.136. The minimum atomic E-state index is -0.964. The van der Waals surface area contributed by atoms with Crippen LogP contribution < -0.4 is 5.32 Å². The van der Waals surface area contributed by atoms with Gasteiger partial charge in [-0.15, -0.1) is 11.3 Å². The standard InChI is InChI=1S/C34H30N2O4S/c37-32(38)19-20-35-33(39)27-17-15-24(16-18-27)22-36(34(40)31-21-28-13-7-8-14-30(28)41-31)23-29(25-9-3-1-4-10-25)26-11-5-2-6-12-26/h1-18,21,29H,19-20,22-23H2,(H,35,39)(H,37,38). The maximum atomic E-state index is 14.1. The summed E-state index contributed by atoms with van der Waals surface area (Å²) in [5, 5.41) is 12.5. The van der Waals surface area contributed by atoms with Crippen molar-refractivity contribution in [1.29, 1.82) is 0 Å². The van der Waals surface area contributed by atoms with Crippen LogP contribution in [0.25, 0.3) is 10.1 Å². The Bertz CT molecular complexity index is 1560. The van der Waals surface area contributed by atoms with Crippen molar-refractivity contribution in [2.24, 2.45) is 0 Å². The van der Waals surface area contributed by atoms with E-state index in [9.17, 15) is 14.4 Å². The molecule has 5 aromatic rings. The number of nitrogens with zero attached hydrogens (tertiary/aromatic N) is 1. The molecular weight excluding hydrogens is 532 g/mol. The molecule has 5 rings (SSSR count). The first-order chi connectivity index (χ1) is 20.0. The molecule has 0 aliphatic heterocycles. The Morgan fingerprint density at radius 1 is 0.780 bits per heavy atom. The van der Waals surface area contributed by atoms with Gasteiger partial charge in [-0.05, 0) is 46.3 Å². The Morgan fingerprint density at radius 3 is 2.00 bits per heavy atom. The predicted molar refractivity (Wildman–Crippen MR) is 162 cm³/mol. The molecule has 0 saturated heterocycles. The topological polar surface area (TPSA) is 86.7 Å². The van der Waals surface area contributed by atoms with Crippen molar-refractivity contribution >= 4 is 39.2 Å². The van der Waals surface area contributed by atoms with Crippen molar-refractivity contribution in [2.75, 3.05) is 13.1 Å². The van der Waals surface area contributed by atoms with Crippen molar-refractivity contribution < 1.29 is 19.5 Å². The number of fused-ring (bicyclic) bond motifs is 1. The quantitative estimate of drug-likeness (QED) is 0.190. The van der Waals surface area contributed by atoms with Crippen LogP contribution >= 0.6 is 11.3 Å². The largest absolute Gasteiger partial charge is 0.481 e. The van der Waals surface area contributed by atoms with Crippen molar-refractivity contribution in [1.82, 2.24) is 10.2 Å². The lowest BCUT2D eigenvalue weighted by Gasteiger charge is -2.28. The molecule has 0 saturated carbocycles. The molecule has 0 fully saturated rings. The second-order valence-corrected chi connectivity index (χ2v) is 10.9. The fourth-order valence-electron chi connectivity index (χ4n) is 4.82. The summed E-state index contributed by atoms with van der Waals surface area (Å²) in [6.45, 7) is 0.899. The molecule has 2 N–H and O–H groups in total. The van der Waals surface area contributed by atoms with Crippen LogP contribution in [0.4, 0.5) is 0 Å². The zero-order valence-corrected chi connectivity index (χ0v) is 23.2. The number of nitrogens with one attached hydrogen (secondary N) is 1. The monoisotopic (exact) mass is 562 g/mol. The van der Waals surface area contributed by atoms with Gasteiger partial charge in [-0.1, -0.05) is 91.0 Å². The summed E-state index contributed by atoms with van der Waals surface area (Å²) in [6, 6.07) is 37.5. The molecule has 1 heterocycles. The van der Waals surface area contributed by atoms with E-state index >= 15 is 0 Å². The predicted octanol–water partition coefficient (Wildman–Crippen LogP) is 6.58. The summed E-state index contributed by atoms with van der Waals surface area (Å²) < 4.78 is 1.07. The molecule has 0 spiro atoms. The van der Waals surface area contributed by atoms with E-state index in [4.69, 9.17) is 5.11 Å². The third-order valence-electron chi connectivity index (χ3n) is 6.94. The highest BCUT2D eigenvalue weighted by atomic mass is 32.1. The van der Waals surface area contributed by atoms with Gasteiger partial charge < -0.3 is 15.3 Å². The maximum Gasteiger partial charge on any atom is 0.305 e. The molecule has 0 bridgehead atoms. The smallest absolute Gasteiger partial charge is 0.305 e. The van der Waals surface area contributed by atoms with E-state index < -0.39 is 5.97 Å². The summed E-state index contributed by atoms with van der Waals surface area (Å²) in [4.78, 5) is 39.8. The number of hydrogen-bond acceptors (Lipinski definition) is 4. The molecule has 2 amide bonds. The van der Waals surface area contributed by atoms with Crippen molar-refractivity contribution in [3.63, 3.8) is 0 Å².